The quantitative estimate of drug-likeness (QED) is 0.781. The van der Waals surface area contributed by atoms with Crippen LogP contribution in [0.25, 0.3) is 0 Å². The molecule has 5 heteroatoms. The van der Waals surface area contributed by atoms with Crippen LogP contribution in [0, 0.1) is 0 Å². The number of benzene rings is 1. The standard InChI is InChI=1S/C18H24O5/c1-5-13-14(20-11-12-9-7-6-8-10-12)15-16(17(19-4)21-13)23-18(2,3)22-15/h5-10,13-17H,1,11H2,2-4H3/t13-,14-,15+,16+,17+/m1/s1. The highest BCUT2D eigenvalue weighted by Gasteiger charge is 2.55. The smallest absolute Gasteiger partial charge is 0.186 e. The Balaban J connectivity index is 1.77. The van der Waals surface area contributed by atoms with E-state index in [1.54, 1.807) is 13.2 Å². The Kier molecular flexibility index (Phi) is 4.85. The Morgan fingerprint density at radius 1 is 1.17 bits per heavy atom. The van der Waals surface area contributed by atoms with Crippen molar-refractivity contribution in [2.24, 2.45) is 0 Å². The van der Waals surface area contributed by atoms with Crippen molar-refractivity contribution in [2.45, 2.75) is 56.9 Å². The summed E-state index contributed by atoms with van der Waals surface area (Å²) in [6.07, 6.45) is 0.0177. The molecule has 2 saturated heterocycles. The number of ether oxygens (including phenoxy) is 5. The average Bonchev–Trinajstić information content (AvgIpc) is 2.88. The fourth-order valence-corrected chi connectivity index (χ4v) is 3.11. The molecule has 2 aliphatic rings. The van der Waals surface area contributed by atoms with E-state index in [1.807, 2.05) is 44.2 Å². The van der Waals surface area contributed by atoms with Gasteiger partial charge in [-0.15, -0.1) is 6.58 Å². The molecule has 5 atom stereocenters. The lowest BCUT2D eigenvalue weighted by Gasteiger charge is -2.40. The van der Waals surface area contributed by atoms with Gasteiger partial charge in [-0.05, 0) is 19.4 Å². The third-order valence-electron chi connectivity index (χ3n) is 4.12. The van der Waals surface area contributed by atoms with Gasteiger partial charge in [0.25, 0.3) is 0 Å². The first-order valence-electron chi connectivity index (χ1n) is 7.86. The molecule has 3 rings (SSSR count). The van der Waals surface area contributed by atoms with E-state index in [2.05, 4.69) is 6.58 Å². The number of hydrogen-bond donors (Lipinski definition) is 0. The summed E-state index contributed by atoms with van der Waals surface area (Å²) in [5.74, 6) is -0.695. The van der Waals surface area contributed by atoms with Crippen molar-refractivity contribution in [3.63, 3.8) is 0 Å². The minimum Gasteiger partial charge on any atom is -0.368 e. The summed E-state index contributed by atoms with van der Waals surface area (Å²) in [5, 5.41) is 0. The Morgan fingerprint density at radius 3 is 2.52 bits per heavy atom. The van der Waals surface area contributed by atoms with Crippen LogP contribution < -0.4 is 0 Å². The van der Waals surface area contributed by atoms with Gasteiger partial charge in [0.15, 0.2) is 12.1 Å². The van der Waals surface area contributed by atoms with E-state index in [-0.39, 0.29) is 24.4 Å². The summed E-state index contributed by atoms with van der Waals surface area (Å²) in [4.78, 5) is 0. The summed E-state index contributed by atoms with van der Waals surface area (Å²) < 4.78 is 29.5. The summed E-state index contributed by atoms with van der Waals surface area (Å²) in [7, 11) is 1.60. The zero-order valence-corrected chi connectivity index (χ0v) is 13.8. The molecule has 0 amide bonds. The number of hydrogen-bond acceptors (Lipinski definition) is 5. The normalized spacial score (nSPS) is 35.7. The van der Waals surface area contributed by atoms with Crippen LogP contribution in [0.1, 0.15) is 19.4 Å². The summed E-state index contributed by atoms with van der Waals surface area (Å²) in [6.45, 7) is 8.10. The van der Waals surface area contributed by atoms with Crippen molar-refractivity contribution in [2.75, 3.05) is 7.11 Å². The van der Waals surface area contributed by atoms with E-state index < -0.39 is 12.1 Å². The maximum absolute atomic E-state index is 6.12. The third kappa shape index (κ3) is 3.49. The van der Waals surface area contributed by atoms with Gasteiger partial charge in [0.05, 0.1) is 6.61 Å². The van der Waals surface area contributed by atoms with Crippen LogP contribution in [0.5, 0.6) is 0 Å². The lowest BCUT2D eigenvalue weighted by molar-refractivity contribution is -0.264. The molecule has 0 radical (unpaired) electrons. The molecule has 2 heterocycles. The SMILES string of the molecule is C=C[C@H]1O[C@H](OC)[C@H]2OC(C)(C)O[C@H]2[C@@H]1OCc1ccccc1. The van der Waals surface area contributed by atoms with E-state index in [0.29, 0.717) is 6.61 Å². The van der Waals surface area contributed by atoms with Crippen molar-refractivity contribution in [3.8, 4) is 0 Å². The molecule has 5 nitrogen and oxygen atoms in total. The fraction of sp³-hybridized carbons (Fsp3) is 0.556. The topological polar surface area (TPSA) is 46.2 Å². The molecule has 1 aromatic rings. The largest absolute Gasteiger partial charge is 0.368 e. The zero-order valence-electron chi connectivity index (χ0n) is 13.8. The van der Waals surface area contributed by atoms with Gasteiger partial charge in [-0.2, -0.15) is 0 Å². The molecular weight excluding hydrogens is 296 g/mol. The predicted octanol–water partition coefficient (Wildman–Crippen LogP) is 2.65. The second-order valence-corrected chi connectivity index (χ2v) is 6.27. The highest BCUT2D eigenvalue weighted by atomic mass is 16.8. The Morgan fingerprint density at radius 2 is 1.87 bits per heavy atom. The first-order valence-corrected chi connectivity index (χ1v) is 7.86. The Labute approximate surface area is 137 Å². The molecule has 0 unspecified atom stereocenters. The lowest BCUT2D eigenvalue weighted by atomic mass is 9.98. The van der Waals surface area contributed by atoms with Crippen LogP contribution in [0.4, 0.5) is 0 Å². The molecule has 2 aliphatic heterocycles. The maximum atomic E-state index is 6.12. The van der Waals surface area contributed by atoms with Gasteiger partial charge < -0.3 is 23.7 Å². The van der Waals surface area contributed by atoms with Crippen molar-refractivity contribution in [3.05, 3.63) is 48.6 Å². The fourth-order valence-electron chi connectivity index (χ4n) is 3.11. The molecule has 0 aliphatic carbocycles. The Hall–Kier alpha value is -1.24. The average molecular weight is 320 g/mol. The highest BCUT2D eigenvalue weighted by Crippen LogP contribution is 2.39. The summed E-state index contributed by atoms with van der Waals surface area (Å²) in [5.41, 5.74) is 1.10. The molecule has 0 N–H and O–H groups in total. The van der Waals surface area contributed by atoms with Gasteiger partial charge in [0.1, 0.15) is 24.4 Å². The first kappa shape index (κ1) is 16.6. The van der Waals surface area contributed by atoms with Gasteiger partial charge in [0.2, 0.25) is 0 Å². The van der Waals surface area contributed by atoms with Crippen molar-refractivity contribution in [1.82, 2.24) is 0 Å². The molecule has 23 heavy (non-hydrogen) atoms. The van der Waals surface area contributed by atoms with Gasteiger partial charge in [-0.25, -0.2) is 0 Å². The molecule has 0 spiro atoms. The second-order valence-electron chi connectivity index (χ2n) is 6.27. The first-order chi connectivity index (χ1) is 11.0. The van der Waals surface area contributed by atoms with Crippen LogP contribution >= 0.6 is 0 Å². The number of fused-ring (bicyclic) bond motifs is 1. The molecule has 2 fully saturated rings. The van der Waals surface area contributed by atoms with Crippen molar-refractivity contribution >= 4 is 0 Å². The van der Waals surface area contributed by atoms with E-state index >= 15 is 0 Å². The van der Waals surface area contributed by atoms with E-state index in [0.717, 1.165) is 5.56 Å². The molecule has 0 aromatic heterocycles. The molecule has 0 bridgehead atoms. The summed E-state index contributed by atoms with van der Waals surface area (Å²) >= 11 is 0. The minimum absolute atomic E-state index is 0.268. The third-order valence-corrected chi connectivity index (χ3v) is 4.12. The van der Waals surface area contributed by atoms with Crippen molar-refractivity contribution < 1.29 is 23.7 Å². The maximum Gasteiger partial charge on any atom is 0.186 e. The molecule has 0 saturated carbocycles. The van der Waals surface area contributed by atoms with Gasteiger partial charge >= 0.3 is 0 Å². The van der Waals surface area contributed by atoms with Gasteiger partial charge in [0, 0.05) is 7.11 Å². The minimum atomic E-state index is -0.695. The second kappa shape index (κ2) is 6.71. The molecule has 126 valence electrons. The van der Waals surface area contributed by atoms with E-state index in [4.69, 9.17) is 23.7 Å². The van der Waals surface area contributed by atoms with Gasteiger partial charge in [-0.3, -0.25) is 0 Å². The Bertz CT molecular complexity index is 529. The number of methoxy groups -OCH3 is 1. The van der Waals surface area contributed by atoms with Crippen molar-refractivity contribution in [1.29, 1.82) is 0 Å². The van der Waals surface area contributed by atoms with Crippen LogP contribution in [0.3, 0.4) is 0 Å². The number of rotatable bonds is 5. The summed E-state index contributed by atoms with van der Waals surface area (Å²) in [6, 6.07) is 10.0. The van der Waals surface area contributed by atoms with Crippen LogP contribution in [0.15, 0.2) is 43.0 Å². The lowest BCUT2D eigenvalue weighted by Crippen LogP contribution is -2.56. The van der Waals surface area contributed by atoms with Crippen LogP contribution in [-0.2, 0) is 30.3 Å². The van der Waals surface area contributed by atoms with Crippen LogP contribution in [0.2, 0.25) is 0 Å². The molecular formula is C18H24O5. The van der Waals surface area contributed by atoms with E-state index in [1.165, 1.54) is 0 Å². The monoisotopic (exact) mass is 320 g/mol. The molecule has 1 aromatic carbocycles. The highest BCUT2D eigenvalue weighted by molar-refractivity contribution is 5.14. The van der Waals surface area contributed by atoms with Gasteiger partial charge in [-0.1, -0.05) is 36.4 Å². The van der Waals surface area contributed by atoms with E-state index in [9.17, 15) is 0 Å². The van der Waals surface area contributed by atoms with Crippen LogP contribution in [-0.4, -0.2) is 43.6 Å². The predicted molar refractivity (Wildman–Crippen MR) is 84.7 cm³/mol. The zero-order chi connectivity index (χ0) is 16.4.